The average Bonchev–Trinajstić information content (AvgIpc) is 3.91. The summed E-state index contributed by atoms with van der Waals surface area (Å²) in [6, 6.07) is 87.1. The van der Waals surface area contributed by atoms with Gasteiger partial charge in [-0.3, -0.25) is 0 Å². The van der Waals surface area contributed by atoms with Crippen molar-refractivity contribution in [3.05, 3.63) is 243 Å². The van der Waals surface area contributed by atoms with E-state index < -0.39 is 0 Å². The lowest BCUT2D eigenvalue weighted by Crippen LogP contribution is -2.10. The smallest absolute Gasteiger partial charge is 0.136 e. The molecule has 296 valence electrons. The lowest BCUT2D eigenvalue weighted by Gasteiger charge is -2.26. The first-order chi connectivity index (χ1) is 31.2. The highest BCUT2D eigenvalue weighted by atomic mass is 16.3. The lowest BCUT2D eigenvalue weighted by molar-refractivity contribution is 0.669. The Kier molecular flexibility index (Phi) is 8.83. The highest BCUT2D eigenvalue weighted by Crippen LogP contribution is 2.41. The molecule has 0 saturated heterocycles. The summed E-state index contributed by atoms with van der Waals surface area (Å²) >= 11 is 0. The summed E-state index contributed by atoms with van der Waals surface area (Å²) in [6.07, 6.45) is 0. The molecule has 0 N–H and O–H groups in total. The minimum Gasteiger partial charge on any atom is -0.456 e. The fourth-order valence-electron chi connectivity index (χ4n) is 9.45. The minimum absolute atomic E-state index is 0.908. The summed E-state index contributed by atoms with van der Waals surface area (Å²) in [5, 5.41) is 4.81. The van der Waals surface area contributed by atoms with E-state index >= 15 is 0 Å². The van der Waals surface area contributed by atoms with Gasteiger partial charge in [0.2, 0.25) is 0 Å². The molecular formula is C60H40N2O. The fourth-order valence-corrected chi connectivity index (χ4v) is 9.45. The van der Waals surface area contributed by atoms with Crippen molar-refractivity contribution in [2.45, 2.75) is 0 Å². The number of fused-ring (bicyclic) bond motifs is 6. The number of furan rings is 1. The number of nitrogens with zero attached hydrogens (tertiary/aromatic N) is 2. The SMILES string of the molecule is c1ccc(-c2cccc(N(c3ccc(-c4ccc(-c5cccc6oc7ccccc7c56)cc4)cc3)c3ccc(-c4ccccc4-n4c5ccccc5c5ccccc54)cc3)c2)cc1. The Labute approximate surface area is 366 Å². The molecule has 0 amide bonds. The van der Waals surface area contributed by atoms with Crippen molar-refractivity contribution in [1.29, 1.82) is 0 Å². The van der Waals surface area contributed by atoms with E-state index in [-0.39, 0.29) is 0 Å². The Bertz CT molecular complexity index is 3550. The van der Waals surface area contributed by atoms with Crippen LogP contribution in [0.4, 0.5) is 17.1 Å². The largest absolute Gasteiger partial charge is 0.456 e. The number of benzene rings is 10. The zero-order valence-corrected chi connectivity index (χ0v) is 34.4. The summed E-state index contributed by atoms with van der Waals surface area (Å²) in [6.45, 7) is 0. The number of aromatic nitrogens is 1. The van der Waals surface area contributed by atoms with Crippen LogP contribution in [0.1, 0.15) is 0 Å². The van der Waals surface area contributed by atoms with Crippen molar-refractivity contribution in [2.75, 3.05) is 4.90 Å². The average molecular weight is 805 g/mol. The molecule has 10 aromatic carbocycles. The zero-order valence-electron chi connectivity index (χ0n) is 34.4. The van der Waals surface area contributed by atoms with Crippen LogP contribution in [0, 0.1) is 0 Å². The van der Waals surface area contributed by atoms with Gasteiger partial charge in [0.05, 0.1) is 16.7 Å². The van der Waals surface area contributed by atoms with Gasteiger partial charge in [-0.2, -0.15) is 0 Å². The summed E-state index contributed by atoms with van der Waals surface area (Å²) < 4.78 is 8.61. The van der Waals surface area contributed by atoms with E-state index in [1.807, 2.05) is 12.1 Å². The van der Waals surface area contributed by atoms with Gasteiger partial charge in [-0.15, -0.1) is 0 Å². The number of hydrogen-bond donors (Lipinski definition) is 0. The minimum atomic E-state index is 0.908. The van der Waals surface area contributed by atoms with Gasteiger partial charge in [-0.1, -0.05) is 176 Å². The predicted molar refractivity (Wildman–Crippen MR) is 264 cm³/mol. The third-order valence-electron chi connectivity index (χ3n) is 12.4. The molecule has 2 aromatic heterocycles. The maximum atomic E-state index is 6.20. The highest BCUT2D eigenvalue weighted by molar-refractivity contribution is 6.12. The van der Waals surface area contributed by atoms with Gasteiger partial charge in [-0.05, 0) is 106 Å². The Morgan fingerprint density at radius 1 is 0.302 bits per heavy atom. The van der Waals surface area contributed by atoms with E-state index in [1.54, 1.807) is 0 Å². The molecule has 3 nitrogen and oxygen atoms in total. The summed E-state index contributed by atoms with van der Waals surface area (Å²) in [5.41, 5.74) is 18.0. The van der Waals surface area contributed by atoms with Crippen LogP contribution < -0.4 is 4.90 Å². The van der Waals surface area contributed by atoms with Gasteiger partial charge < -0.3 is 13.9 Å². The first-order valence-corrected chi connectivity index (χ1v) is 21.5. The number of anilines is 3. The maximum Gasteiger partial charge on any atom is 0.136 e. The van der Waals surface area contributed by atoms with Crippen LogP contribution in [0.2, 0.25) is 0 Å². The van der Waals surface area contributed by atoms with E-state index in [0.717, 1.165) is 61.4 Å². The standard InChI is InChI=1S/C60H40N2O/c1-2-14-41(15-3-1)46-16-12-17-49(40-46)61(47-36-32-43(33-37-47)42-28-30-45(31-29-42)51-22-13-27-59-60(51)54-21-7-11-26-58(54)63-59)48-38-34-44(35-39-48)50-18-4-8-23-55(50)62-56-24-9-5-19-52(56)53-20-6-10-25-57(53)62/h1-40H. The Morgan fingerprint density at radius 2 is 0.778 bits per heavy atom. The molecule has 12 aromatic rings. The van der Waals surface area contributed by atoms with Crippen molar-refractivity contribution < 1.29 is 4.42 Å². The topological polar surface area (TPSA) is 21.3 Å². The fraction of sp³-hybridized carbons (Fsp3) is 0. The highest BCUT2D eigenvalue weighted by Gasteiger charge is 2.18. The lowest BCUT2D eigenvalue weighted by atomic mass is 9.97. The van der Waals surface area contributed by atoms with Crippen molar-refractivity contribution in [1.82, 2.24) is 4.57 Å². The molecule has 0 aliphatic rings. The first kappa shape index (κ1) is 36.5. The van der Waals surface area contributed by atoms with Crippen LogP contribution in [0.25, 0.3) is 93.9 Å². The van der Waals surface area contributed by atoms with E-state index in [0.29, 0.717) is 0 Å². The van der Waals surface area contributed by atoms with Crippen molar-refractivity contribution in [3.8, 4) is 50.2 Å². The Hall–Kier alpha value is -8.40. The first-order valence-electron chi connectivity index (χ1n) is 21.5. The van der Waals surface area contributed by atoms with Gasteiger partial charge in [0, 0.05) is 44.2 Å². The zero-order chi connectivity index (χ0) is 41.7. The van der Waals surface area contributed by atoms with Crippen molar-refractivity contribution >= 4 is 60.8 Å². The van der Waals surface area contributed by atoms with E-state index in [1.165, 1.54) is 49.6 Å². The van der Waals surface area contributed by atoms with Crippen LogP contribution >= 0.6 is 0 Å². The molecule has 0 fully saturated rings. The quantitative estimate of drug-likeness (QED) is 0.153. The van der Waals surface area contributed by atoms with Crippen LogP contribution in [-0.2, 0) is 0 Å². The van der Waals surface area contributed by atoms with E-state index in [9.17, 15) is 0 Å². The van der Waals surface area contributed by atoms with Crippen molar-refractivity contribution in [3.63, 3.8) is 0 Å². The van der Waals surface area contributed by atoms with Crippen LogP contribution in [-0.4, -0.2) is 4.57 Å². The maximum absolute atomic E-state index is 6.20. The molecule has 0 saturated carbocycles. The summed E-state index contributed by atoms with van der Waals surface area (Å²) in [4.78, 5) is 2.36. The molecular weight excluding hydrogens is 765 g/mol. The molecule has 0 atom stereocenters. The molecule has 0 aliphatic heterocycles. The molecule has 0 spiro atoms. The summed E-state index contributed by atoms with van der Waals surface area (Å²) in [7, 11) is 0. The second kappa shape index (κ2) is 15.3. The van der Waals surface area contributed by atoms with Crippen molar-refractivity contribution in [2.24, 2.45) is 0 Å². The van der Waals surface area contributed by atoms with Gasteiger partial charge in [0.15, 0.2) is 0 Å². The van der Waals surface area contributed by atoms with Gasteiger partial charge in [-0.25, -0.2) is 0 Å². The van der Waals surface area contributed by atoms with E-state index in [4.69, 9.17) is 4.42 Å². The van der Waals surface area contributed by atoms with Crippen LogP contribution in [0.3, 0.4) is 0 Å². The monoisotopic (exact) mass is 804 g/mol. The molecule has 0 bridgehead atoms. The second-order valence-electron chi connectivity index (χ2n) is 16.1. The molecule has 3 heteroatoms. The van der Waals surface area contributed by atoms with Crippen LogP contribution in [0.15, 0.2) is 247 Å². The van der Waals surface area contributed by atoms with E-state index in [2.05, 4.69) is 240 Å². The Morgan fingerprint density at radius 3 is 1.49 bits per heavy atom. The molecule has 63 heavy (non-hydrogen) atoms. The molecule has 0 radical (unpaired) electrons. The molecule has 2 heterocycles. The summed E-state index contributed by atoms with van der Waals surface area (Å²) in [5.74, 6) is 0. The van der Waals surface area contributed by atoms with Gasteiger partial charge in [0.1, 0.15) is 11.2 Å². The number of para-hydroxylation sites is 4. The van der Waals surface area contributed by atoms with Gasteiger partial charge in [0.25, 0.3) is 0 Å². The molecule has 0 aliphatic carbocycles. The Balaban J connectivity index is 0.913. The predicted octanol–water partition coefficient (Wildman–Crippen LogP) is 16.8. The molecule has 12 rings (SSSR count). The van der Waals surface area contributed by atoms with Crippen LogP contribution in [0.5, 0.6) is 0 Å². The third-order valence-corrected chi connectivity index (χ3v) is 12.4. The second-order valence-corrected chi connectivity index (χ2v) is 16.1. The normalized spacial score (nSPS) is 11.5. The number of rotatable bonds is 8. The number of hydrogen-bond acceptors (Lipinski definition) is 2. The molecule has 0 unspecified atom stereocenters. The van der Waals surface area contributed by atoms with Gasteiger partial charge >= 0.3 is 0 Å². The third kappa shape index (κ3) is 6.38.